The second-order valence-corrected chi connectivity index (χ2v) is 4.45. The van der Waals surface area contributed by atoms with E-state index in [1.165, 1.54) is 11.8 Å². The summed E-state index contributed by atoms with van der Waals surface area (Å²) in [5.41, 5.74) is 7.63. The van der Waals surface area contributed by atoms with Crippen molar-refractivity contribution in [1.29, 1.82) is 0 Å². The third-order valence-corrected chi connectivity index (χ3v) is 3.05. The quantitative estimate of drug-likeness (QED) is 0.611. The van der Waals surface area contributed by atoms with Gasteiger partial charge in [-0.3, -0.25) is 10.1 Å². The van der Waals surface area contributed by atoms with Crippen LogP contribution in [0.4, 0.5) is 4.79 Å². The molecule has 92 valence electrons. The molecule has 1 aromatic heterocycles. The van der Waals surface area contributed by atoms with Crippen molar-refractivity contribution in [2.24, 2.45) is 5.73 Å². The van der Waals surface area contributed by atoms with Crippen LogP contribution in [0.3, 0.4) is 0 Å². The Bertz CT molecular complexity index is 439. The average molecular weight is 254 g/mol. The number of nitrogens with zero attached hydrogens (tertiary/aromatic N) is 2. The minimum atomic E-state index is -0.854. The first kappa shape index (κ1) is 13.4. The highest BCUT2D eigenvalue weighted by atomic mass is 32.2. The van der Waals surface area contributed by atoms with Crippen LogP contribution in [-0.2, 0) is 4.79 Å². The van der Waals surface area contributed by atoms with Crippen molar-refractivity contribution in [3.05, 3.63) is 17.0 Å². The molecule has 6 nitrogen and oxygen atoms in total. The fourth-order valence-corrected chi connectivity index (χ4v) is 1.84. The van der Waals surface area contributed by atoms with E-state index in [2.05, 4.69) is 9.97 Å². The van der Waals surface area contributed by atoms with Crippen LogP contribution in [0.1, 0.15) is 17.0 Å². The van der Waals surface area contributed by atoms with E-state index in [-0.39, 0.29) is 5.75 Å². The van der Waals surface area contributed by atoms with Gasteiger partial charge in [-0.2, -0.15) is 0 Å². The van der Waals surface area contributed by atoms with Crippen LogP contribution in [0.2, 0.25) is 0 Å². The van der Waals surface area contributed by atoms with E-state index in [4.69, 9.17) is 5.73 Å². The van der Waals surface area contributed by atoms with Gasteiger partial charge in [-0.1, -0.05) is 11.8 Å². The van der Waals surface area contributed by atoms with E-state index < -0.39 is 11.9 Å². The van der Waals surface area contributed by atoms with Gasteiger partial charge in [-0.15, -0.1) is 0 Å². The van der Waals surface area contributed by atoms with E-state index in [9.17, 15) is 9.59 Å². The van der Waals surface area contributed by atoms with Crippen LogP contribution >= 0.6 is 11.8 Å². The molecule has 0 spiro atoms. The zero-order valence-electron chi connectivity index (χ0n) is 9.90. The first-order valence-electron chi connectivity index (χ1n) is 4.94. The molecule has 1 rings (SSSR count). The lowest BCUT2D eigenvalue weighted by molar-refractivity contribution is -0.117. The maximum absolute atomic E-state index is 11.2. The van der Waals surface area contributed by atoms with Crippen molar-refractivity contribution in [3.63, 3.8) is 0 Å². The number of carbonyl (C=O) groups is 2. The number of rotatable bonds is 3. The maximum Gasteiger partial charge on any atom is 0.318 e. The normalized spacial score (nSPS) is 10.1. The Morgan fingerprint density at radius 1 is 1.24 bits per heavy atom. The molecule has 0 saturated heterocycles. The summed E-state index contributed by atoms with van der Waals surface area (Å²) in [5, 5.41) is 2.50. The van der Waals surface area contributed by atoms with E-state index in [1.54, 1.807) is 0 Å². The fraction of sp³-hybridized carbons (Fsp3) is 0.400. The number of amides is 3. The molecule has 3 N–H and O–H groups in total. The van der Waals surface area contributed by atoms with Gasteiger partial charge in [0.2, 0.25) is 5.91 Å². The lowest BCUT2D eigenvalue weighted by Gasteiger charge is -2.06. The van der Waals surface area contributed by atoms with Gasteiger partial charge >= 0.3 is 6.03 Å². The smallest absolute Gasteiger partial charge is 0.318 e. The van der Waals surface area contributed by atoms with Crippen LogP contribution in [-0.4, -0.2) is 27.7 Å². The number of primary amides is 1. The van der Waals surface area contributed by atoms with E-state index in [0.29, 0.717) is 5.16 Å². The Hall–Kier alpha value is -1.63. The molecule has 1 aromatic rings. The molecule has 17 heavy (non-hydrogen) atoms. The molecule has 3 amide bonds. The number of urea groups is 1. The molecule has 0 aliphatic carbocycles. The Balaban J connectivity index is 2.64. The summed E-state index contributed by atoms with van der Waals surface area (Å²) >= 11 is 1.17. The Kier molecular flexibility index (Phi) is 4.45. The molecule has 0 aliphatic heterocycles. The number of imide groups is 1. The highest BCUT2D eigenvalue weighted by Gasteiger charge is 2.09. The van der Waals surface area contributed by atoms with Gasteiger partial charge in [0.25, 0.3) is 0 Å². The molecule has 0 saturated carbocycles. The standard InChI is InChI=1S/C10H14N4O2S/c1-5-6(2)12-10(13-7(5)3)17-4-8(15)14-9(11)16/h4H2,1-3H3,(H3,11,14,15,16). The summed E-state index contributed by atoms with van der Waals surface area (Å²) in [4.78, 5) is 30.1. The summed E-state index contributed by atoms with van der Waals surface area (Å²) in [6.07, 6.45) is 0. The molecule has 0 unspecified atom stereocenters. The lowest BCUT2D eigenvalue weighted by Crippen LogP contribution is -2.36. The van der Waals surface area contributed by atoms with Gasteiger partial charge in [0.1, 0.15) is 0 Å². The molecule has 1 heterocycles. The van der Waals surface area contributed by atoms with Crippen molar-refractivity contribution in [1.82, 2.24) is 15.3 Å². The summed E-state index contributed by atoms with van der Waals surface area (Å²) in [6, 6.07) is -0.854. The zero-order chi connectivity index (χ0) is 13.0. The minimum Gasteiger partial charge on any atom is -0.351 e. The largest absolute Gasteiger partial charge is 0.351 e. The molecule has 0 radical (unpaired) electrons. The van der Waals surface area contributed by atoms with Crippen molar-refractivity contribution < 1.29 is 9.59 Å². The number of thioether (sulfide) groups is 1. The van der Waals surface area contributed by atoms with Gasteiger partial charge in [0.15, 0.2) is 5.16 Å². The number of hydrogen-bond acceptors (Lipinski definition) is 5. The molecule has 0 bridgehead atoms. The monoisotopic (exact) mass is 254 g/mol. The number of nitrogens with two attached hydrogens (primary N) is 1. The molecule has 0 fully saturated rings. The van der Waals surface area contributed by atoms with Gasteiger partial charge in [0, 0.05) is 11.4 Å². The Labute approximate surface area is 103 Å². The second-order valence-electron chi connectivity index (χ2n) is 3.50. The summed E-state index contributed by atoms with van der Waals surface area (Å²) in [7, 11) is 0. The Morgan fingerprint density at radius 2 is 1.76 bits per heavy atom. The number of nitrogens with one attached hydrogen (secondary N) is 1. The highest BCUT2D eigenvalue weighted by Crippen LogP contribution is 2.16. The highest BCUT2D eigenvalue weighted by molar-refractivity contribution is 7.99. The zero-order valence-corrected chi connectivity index (χ0v) is 10.7. The number of hydrogen-bond donors (Lipinski definition) is 2. The summed E-state index contributed by atoms with van der Waals surface area (Å²) < 4.78 is 0. The summed E-state index contributed by atoms with van der Waals surface area (Å²) in [6.45, 7) is 5.72. The molecule has 0 aliphatic rings. The second kappa shape index (κ2) is 5.62. The number of aryl methyl sites for hydroxylation is 2. The van der Waals surface area contributed by atoms with Gasteiger partial charge in [0.05, 0.1) is 5.75 Å². The first-order valence-corrected chi connectivity index (χ1v) is 5.92. The van der Waals surface area contributed by atoms with Crippen molar-refractivity contribution in [3.8, 4) is 0 Å². The molecular weight excluding hydrogens is 240 g/mol. The van der Waals surface area contributed by atoms with Crippen molar-refractivity contribution in [2.75, 3.05) is 5.75 Å². The lowest BCUT2D eigenvalue weighted by atomic mass is 10.2. The maximum atomic E-state index is 11.2. The fourth-order valence-electron chi connectivity index (χ4n) is 1.11. The third-order valence-electron chi connectivity index (χ3n) is 2.21. The van der Waals surface area contributed by atoms with Crippen LogP contribution in [0.15, 0.2) is 5.16 Å². The van der Waals surface area contributed by atoms with Crippen LogP contribution in [0.25, 0.3) is 0 Å². The topological polar surface area (TPSA) is 98.0 Å². The number of carbonyl (C=O) groups excluding carboxylic acids is 2. The van der Waals surface area contributed by atoms with Crippen molar-refractivity contribution in [2.45, 2.75) is 25.9 Å². The van der Waals surface area contributed by atoms with Gasteiger partial charge in [-0.25, -0.2) is 14.8 Å². The van der Waals surface area contributed by atoms with Crippen LogP contribution in [0, 0.1) is 20.8 Å². The third kappa shape index (κ3) is 4.03. The molecule has 0 atom stereocenters. The SMILES string of the molecule is Cc1nc(SCC(=O)NC(N)=O)nc(C)c1C. The van der Waals surface area contributed by atoms with Gasteiger partial charge in [-0.05, 0) is 26.3 Å². The van der Waals surface area contributed by atoms with Crippen molar-refractivity contribution >= 4 is 23.7 Å². The predicted molar refractivity (Wildman–Crippen MR) is 64.7 cm³/mol. The van der Waals surface area contributed by atoms with E-state index in [1.807, 2.05) is 26.1 Å². The average Bonchev–Trinajstić information content (AvgIpc) is 2.22. The van der Waals surface area contributed by atoms with Crippen LogP contribution in [0.5, 0.6) is 0 Å². The first-order chi connectivity index (χ1) is 7.90. The Morgan fingerprint density at radius 3 is 2.24 bits per heavy atom. The summed E-state index contributed by atoms with van der Waals surface area (Å²) in [5.74, 6) is -0.396. The van der Waals surface area contributed by atoms with Crippen LogP contribution < -0.4 is 11.1 Å². The molecule has 7 heteroatoms. The number of aromatic nitrogens is 2. The van der Waals surface area contributed by atoms with Gasteiger partial charge < -0.3 is 5.73 Å². The molecular formula is C10H14N4O2S. The minimum absolute atomic E-state index is 0.0604. The molecule has 0 aromatic carbocycles. The predicted octanol–water partition coefficient (Wildman–Crippen LogP) is 0.689. The van der Waals surface area contributed by atoms with E-state index >= 15 is 0 Å². The van der Waals surface area contributed by atoms with E-state index in [0.717, 1.165) is 17.0 Å².